The van der Waals surface area contributed by atoms with Gasteiger partial charge in [0.1, 0.15) is 10.7 Å². The summed E-state index contributed by atoms with van der Waals surface area (Å²) in [5, 5.41) is 10.6. The molecule has 1 heterocycles. The van der Waals surface area contributed by atoms with Gasteiger partial charge in [-0.05, 0) is 75.0 Å². The molecule has 23 heavy (non-hydrogen) atoms. The molecule has 124 valence electrons. The topological polar surface area (TPSA) is 70.1 Å². The van der Waals surface area contributed by atoms with Crippen LogP contribution in [0.4, 0.5) is 5.69 Å². The molecule has 4 aliphatic rings. The molecule has 2 N–H and O–H groups in total. The zero-order valence-electron chi connectivity index (χ0n) is 13.4. The third-order valence-electron chi connectivity index (χ3n) is 5.96. The molecule has 4 bridgehead atoms. The van der Waals surface area contributed by atoms with Gasteiger partial charge in [-0.25, -0.2) is 5.10 Å². The lowest BCUT2D eigenvalue weighted by molar-refractivity contribution is -0.0482. The number of H-pyrrole nitrogens is 1. The molecule has 0 saturated heterocycles. The Morgan fingerprint density at radius 2 is 1.96 bits per heavy atom. The normalized spacial score (nSPS) is 35.6. The largest absolute Gasteiger partial charge is 0.285 e. The fraction of sp³-hybridized carbons (Fsp3) is 0.706. The van der Waals surface area contributed by atoms with Crippen molar-refractivity contribution < 1.29 is 0 Å². The minimum absolute atomic E-state index is 0.103. The number of aromatic amines is 1. The van der Waals surface area contributed by atoms with Crippen LogP contribution in [0.2, 0.25) is 5.02 Å². The molecule has 0 unspecified atom stereocenters. The summed E-state index contributed by atoms with van der Waals surface area (Å²) in [6.07, 6.45) is 11.0. The van der Waals surface area contributed by atoms with Crippen LogP contribution in [0.15, 0.2) is 16.1 Å². The summed E-state index contributed by atoms with van der Waals surface area (Å²) in [4.78, 5) is 11.4. The Hall–Kier alpha value is -1.36. The maximum Gasteiger partial charge on any atom is 0.285 e. The number of rotatable bonds is 4. The molecule has 1 aromatic rings. The van der Waals surface area contributed by atoms with E-state index in [-0.39, 0.29) is 5.02 Å². The van der Waals surface area contributed by atoms with E-state index in [1.54, 1.807) is 0 Å². The zero-order chi connectivity index (χ0) is 16.0. The Labute approximate surface area is 140 Å². The molecular formula is C17H23ClN4O. The molecule has 5 rings (SSSR count). The summed E-state index contributed by atoms with van der Waals surface area (Å²) in [7, 11) is 0. The van der Waals surface area contributed by atoms with Gasteiger partial charge < -0.3 is 0 Å². The summed E-state index contributed by atoms with van der Waals surface area (Å²) in [5.74, 6) is 2.86. The van der Waals surface area contributed by atoms with Gasteiger partial charge in [-0.1, -0.05) is 11.6 Å². The average Bonchev–Trinajstić information content (AvgIpc) is 2.47. The third kappa shape index (κ3) is 2.91. The van der Waals surface area contributed by atoms with E-state index < -0.39 is 5.56 Å². The molecule has 6 heteroatoms. The van der Waals surface area contributed by atoms with Crippen molar-refractivity contribution in [2.24, 2.45) is 28.3 Å². The van der Waals surface area contributed by atoms with E-state index >= 15 is 0 Å². The number of hydrogen-bond acceptors (Lipinski definition) is 4. The standard InChI is InChI=1S/C17H23ClN4O/c1-10(20-21-14-9-19-22-16(23)15(14)18)5-17-6-11-2-12(7-17)4-13(3-11)8-17/h9,11-13H,2-8H2,1H3,(H2,21,22,23)/b20-10-. The molecular weight excluding hydrogens is 312 g/mol. The second kappa shape index (κ2) is 5.62. The van der Waals surface area contributed by atoms with Crippen LogP contribution >= 0.6 is 11.6 Å². The molecule has 1 aromatic heterocycles. The smallest absolute Gasteiger partial charge is 0.275 e. The number of hydrazone groups is 1. The molecule has 5 nitrogen and oxygen atoms in total. The quantitative estimate of drug-likeness (QED) is 0.649. The van der Waals surface area contributed by atoms with Gasteiger partial charge in [-0.2, -0.15) is 10.2 Å². The third-order valence-corrected chi connectivity index (χ3v) is 6.33. The maximum atomic E-state index is 11.4. The fourth-order valence-corrected chi connectivity index (χ4v) is 5.84. The zero-order valence-corrected chi connectivity index (χ0v) is 14.2. The van der Waals surface area contributed by atoms with Crippen LogP contribution < -0.4 is 11.0 Å². The predicted octanol–water partition coefficient (Wildman–Crippen LogP) is 3.82. The van der Waals surface area contributed by atoms with Crippen LogP contribution in [0.5, 0.6) is 0 Å². The molecule has 0 aromatic carbocycles. The number of nitrogens with one attached hydrogen (secondary N) is 2. The van der Waals surface area contributed by atoms with E-state index in [0.717, 1.165) is 29.9 Å². The van der Waals surface area contributed by atoms with Crippen LogP contribution in [0, 0.1) is 23.2 Å². The summed E-state index contributed by atoms with van der Waals surface area (Å²) >= 11 is 5.96. The van der Waals surface area contributed by atoms with Crippen molar-refractivity contribution in [3.8, 4) is 0 Å². The highest BCUT2D eigenvalue weighted by Crippen LogP contribution is 2.61. The summed E-state index contributed by atoms with van der Waals surface area (Å²) in [6, 6.07) is 0. The van der Waals surface area contributed by atoms with Gasteiger partial charge in [0.05, 0.1) is 6.20 Å². The number of anilines is 1. The lowest BCUT2D eigenvalue weighted by Gasteiger charge is -2.57. The van der Waals surface area contributed by atoms with Crippen molar-refractivity contribution in [2.45, 2.75) is 51.9 Å². The van der Waals surface area contributed by atoms with E-state index in [1.807, 2.05) is 0 Å². The lowest BCUT2D eigenvalue weighted by Crippen LogP contribution is -2.46. The first-order valence-electron chi connectivity index (χ1n) is 8.55. The van der Waals surface area contributed by atoms with Gasteiger partial charge in [0.2, 0.25) is 0 Å². The van der Waals surface area contributed by atoms with Gasteiger partial charge in [-0.15, -0.1) is 0 Å². The second-order valence-corrected chi connectivity index (χ2v) is 8.36. The van der Waals surface area contributed by atoms with Crippen LogP contribution in [0.3, 0.4) is 0 Å². The first kappa shape index (κ1) is 15.2. The minimum Gasteiger partial charge on any atom is -0.275 e. The maximum absolute atomic E-state index is 11.4. The summed E-state index contributed by atoms with van der Waals surface area (Å²) < 4.78 is 0. The van der Waals surface area contributed by atoms with Crippen LogP contribution in [0.25, 0.3) is 0 Å². The Morgan fingerprint density at radius 1 is 1.35 bits per heavy atom. The minimum atomic E-state index is -0.398. The molecule has 0 spiro atoms. The molecule has 0 atom stereocenters. The lowest BCUT2D eigenvalue weighted by atomic mass is 9.48. The highest BCUT2D eigenvalue weighted by molar-refractivity contribution is 6.32. The predicted molar refractivity (Wildman–Crippen MR) is 91.8 cm³/mol. The Bertz CT molecular complexity index is 661. The molecule has 0 aliphatic heterocycles. The van der Waals surface area contributed by atoms with Gasteiger partial charge in [-0.3, -0.25) is 10.2 Å². The molecule has 4 fully saturated rings. The molecule has 0 amide bonds. The van der Waals surface area contributed by atoms with Gasteiger partial charge in [0, 0.05) is 5.71 Å². The SMILES string of the molecule is C/C(CC12CC3CC(CC(C3)C1)C2)=N/Nc1cn[nH]c(=O)c1Cl. The van der Waals surface area contributed by atoms with E-state index in [9.17, 15) is 4.79 Å². The molecule has 4 saturated carbocycles. The second-order valence-electron chi connectivity index (χ2n) is 7.98. The van der Waals surface area contributed by atoms with Crippen molar-refractivity contribution in [1.29, 1.82) is 0 Å². The van der Waals surface area contributed by atoms with E-state index in [1.165, 1.54) is 44.7 Å². The van der Waals surface area contributed by atoms with Crippen LogP contribution in [-0.4, -0.2) is 15.9 Å². The number of aromatic nitrogens is 2. The first-order chi connectivity index (χ1) is 11.0. The Kier molecular flexibility index (Phi) is 3.71. The average molecular weight is 335 g/mol. The van der Waals surface area contributed by atoms with Crippen molar-refractivity contribution in [2.75, 3.05) is 5.43 Å². The van der Waals surface area contributed by atoms with Crippen molar-refractivity contribution in [3.05, 3.63) is 21.6 Å². The van der Waals surface area contributed by atoms with E-state index in [2.05, 4.69) is 27.6 Å². The van der Waals surface area contributed by atoms with Crippen molar-refractivity contribution >= 4 is 23.0 Å². The Morgan fingerprint density at radius 3 is 2.57 bits per heavy atom. The van der Waals surface area contributed by atoms with Crippen LogP contribution in [0.1, 0.15) is 51.9 Å². The molecule has 0 radical (unpaired) electrons. The van der Waals surface area contributed by atoms with Crippen molar-refractivity contribution in [3.63, 3.8) is 0 Å². The van der Waals surface area contributed by atoms with E-state index in [4.69, 9.17) is 11.6 Å². The van der Waals surface area contributed by atoms with Gasteiger partial charge in [0.15, 0.2) is 0 Å². The number of nitrogens with zero attached hydrogens (tertiary/aromatic N) is 2. The summed E-state index contributed by atoms with van der Waals surface area (Å²) in [6.45, 7) is 2.07. The van der Waals surface area contributed by atoms with Crippen molar-refractivity contribution in [1.82, 2.24) is 10.2 Å². The number of hydrogen-bond donors (Lipinski definition) is 2. The monoisotopic (exact) mass is 334 g/mol. The highest BCUT2D eigenvalue weighted by Gasteiger charge is 2.50. The van der Waals surface area contributed by atoms with Crippen LogP contribution in [-0.2, 0) is 0 Å². The fourth-order valence-electron chi connectivity index (χ4n) is 5.71. The molecule has 4 aliphatic carbocycles. The van der Waals surface area contributed by atoms with E-state index in [0.29, 0.717) is 11.1 Å². The summed E-state index contributed by atoms with van der Waals surface area (Å²) in [5.41, 5.74) is 4.53. The number of halogens is 1. The van der Waals surface area contributed by atoms with Gasteiger partial charge >= 0.3 is 0 Å². The Balaban J connectivity index is 1.46. The highest BCUT2D eigenvalue weighted by atomic mass is 35.5. The first-order valence-corrected chi connectivity index (χ1v) is 8.93. The van der Waals surface area contributed by atoms with Gasteiger partial charge in [0.25, 0.3) is 5.56 Å².